The maximum Gasteiger partial charge on any atom is 0.418 e. The summed E-state index contributed by atoms with van der Waals surface area (Å²) in [6.07, 6.45) is -4.76. The fourth-order valence-electron chi connectivity index (χ4n) is 2.97. The number of rotatable bonds is 5. The molecule has 172 valence electrons. The first-order valence-electron chi connectivity index (χ1n) is 9.37. The molecule has 1 aliphatic heterocycles. The molecule has 0 radical (unpaired) electrons. The van der Waals surface area contributed by atoms with E-state index < -0.39 is 35.0 Å². The molecule has 32 heavy (non-hydrogen) atoms. The van der Waals surface area contributed by atoms with Gasteiger partial charge in [-0.25, -0.2) is 0 Å². The van der Waals surface area contributed by atoms with Crippen LogP contribution < -0.4 is 15.5 Å². The molecular formula is C20H19BrF3N3O4S. The highest BCUT2D eigenvalue weighted by Gasteiger charge is 2.38. The van der Waals surface area contributed by atoms with Gasteiger partial charge in [0, 0.05) is 12.2 Å². The number of halogens is 4. The number of benzene rings is 1. The highest BCUT2D eigenvalue weighted by molar-refractivity contribution is 9.11. The molecular weight excluding hydrogens is 515 g/mol. The minimum Gasteiger partial charge on any atom is -0.370 e. The van der Waals surface area contributed by atoms with E-state index in [9.17, 15) is 27.6 Å². The first kappa shape index (κ1) is 24.2. The van der Waals surface area contributed by atoms with Crippen molar-refractivity contribution >= 4 is 56.4 Å². The van der Waals surface area contributed by atoms with Crippen molar-refractivity contribution in [3.05, 3.63) is 44.6 Å². The van der Waals surface area contributed by atoms with Gasteiger partial charge in [-0.05, 0) is 60.1 Å². The van der Waals surface area contributed by atoms with E-state index in [0.717, 1.165) is 20.8 Å². The number of ether oxygens (including phenoxy) is 1. The lowest BCUT2D eigenvalue weighted by molar-refractivity contribution is -0.137. The number of morpholine rings is 1. The van der Waals surface area contributed by atoms with Gasteiger partial charge in [0.1, 0.15) is 12.1 Å². The molecule has 1 saturated heterocycles. The van der Waals surface area contributed by atoms with Crippen LogP contribution in [0, 0.1) is 0 Å². The number of amides is 3. The van der Waals surface area contributed by atoms with Crippen molar-refractivity contribution in [2.75, 3.05) is 30.0 Å². The Labute approximate surface area is 194 Å². The molecule has 7 nitrogen and oxygen atoms in total. The molecule has 3 amide bonds. The zero-order chi connectivity index (χ0) is 23.7. The van der Waals surface area contributed by atoms with Crippen molar-refractivity contribution in [2.45, 2.75) is 25.6 Å². The van der Waals surface area contributed by atoms with Crippen molar-refractivity contribution in [1.29, 1.82) is 0 Å². The average molecular weight is 534 g/mol. The summed E-state index contributed by atoms with van der Waals surface area (Å²) in [6, 6.07) is 6.45. The van der Waals surface area contributed by atoms with Crippen molar-refractivity contribution in [2.24, 2.45) is 0 Å². The lowest BCUT2D eigenvalue weighted by atomic mass is 10.0. The van der Waals surface area contributed by atoms with Gasteiger partial charge < -0.3 is 20.3 Å². The van der Waals surface area contributed by atoms with E-state index in [2.05, 4.69) is 26.6 Å². The molecule has 1 aliphatic rings. The van der Waals surface area contributed by atoms with E-state index in [0.29, 0.717) is 4.88 Å². The van der Waals surface area contributed by atoms with Gasteiger partial charge in [0.15, 0.2) is 0 Å². The summed E-state index contributed by atoms with van der Waals surface area (Å²) in [5, 5.41) is 4.98. The predicted molar refractivity (Wildman–Crippen MR) is 117 cm³/mol. The van der Waals surface area contributed by atoms with E-state index in [4.69, 9.17) is 4.74 Å². The number of anilines is 2. The smallest absolute Gasteiger partial charge is 0.370 e. The summed E-state index contributed by atoms with van der Waals surface area (Å²) in [4.78, 5) is 38.5. The number of thiophene rings is 1. The normalized spacial score (nSPS) is 14.9. The van der Waals surface area contributed by atoms with Crippen molar-refractivity contribution in [1.82, 2.24) is 5.32 Å². The first-order valence-corrected chi connectivity index (χ1v) is 11.0. The molecule has 1 fully saturated rings. The number of nitrogens with zero attached hydrogens (tertiary/aromatic N) is 1. The number of carbonyl (C=O) groups excluding carboxylic acids is 3. The molecule has 1 aromatic heterocycles. The van der Waals surface area contributed by atoms with Gasteiger partial charge in [-0.1, -0.05) is 0 Å². The Morgan fingerprint density at radius 3 is 2.50 bits per heavy atom. The fourth-order valence-corrected chi connectivity index (χ4v) is 4.26. The van der Waals surface area contributed by atoms with Crippen LogP contribution in [0.2, 0.25) is 0 Å². The van der Waals surface area contributed by atoms with Crippen molar-refractivity contribution in [3.8, 4) is 0 Å². The quantitative estimate of drug-likeness (QED) is 0.607. The summed E-state index contributed by atoms with van der Waals surface area (Å²) in [7, 11) is 0. The van der Waals surface area contributed by atoms with E-state index in [1.807, 2.05) is 0 Å². The third kappa shape index (κ3) is 5.48. The average Bonchev–Trinajstić information content (AvgIpc) is 3.14. The van der Waals surface area contributed by atoms with Gasteiger partial charge in [-0.2, -0.15) is 13.2 Å². The third-order valence-electron chi connectivity index (χ3n) is 4.63. The molecule has 2 heterocycles. The largest absolute Gasteiger partial charge is 0.418 e. The van der Waals surface area contributed by atoms with Crippen LogP contribution in [0.3, 0.4) is 0 Å². The molecule has 1 aromatic carbocycles. The molecule has 0 atom stereocenters. The van der Waals surface area contributed by atoms with Crippen LogP contribution in [0.5, 0.6) is 0 Å². The van der Waals surface area contributed by atoms with Crippen LogP contribution in [0.4, 0.5) is 24.5 Å². The number of carbonyl (C=O) groups is 3. The third-order valence-corrected chi connectivity index (χ3v) is 6.25. The summed E-state index contributed by atoms with van der Waals surface area (Å²) in [5.41, 5.74) is -2.89. The maximum absolute atomic E-state index is 13.7. The van der Waals surface area contributed by atoms with Gasteiger partial charge in [0.2, 0.25) is 5.91 Å². The lowest BCUT2D eigenvalue weighted by Crippen LogP contribution is -2.52. The SMILES string of the molecule is CC(C)(NC(=O)c1ccc(Br)s1)C(=O)Nc1ccc(N2CCOCC2=O)c(C(F)(F)F)c1. The Morgan fingerprint density at radius 1 is 1.19 bits per heavy atom. The van der Waals surface area contributed by atoms with Gasteiger partial charge in [0.25, 0.3) is 11.8 Å². The van der Waals surface area contributed by atoms with Gasteiger partial charge in [-0.15, -0.1) is 11.3 Å². The number of hydrogen-bond acceptors (Lipinski definition) is 5. The van der Waals surface area contributed by atoms with Gasteiger partial charge in [-0.3, -0.25) is 14.4 Å². The molecule has 2 N–H and O–H groups in total. The molecule has 12 heteroatoms. The molecule has 2 aromatic rings. The standard InChI is InChI=1S/C20H19BrF3N3O4S/c1-19(2,26-17(29)14-5-6-15(21)32-14)18(30)25-11-3-4-13(12(9-11)20(22,23)24)27-7-8-31-10-16(27)28/h3-6,9H,7-8,10H2,1-2H3,(H,25,30)(H,26,29). The Balaban J connectivity index is 1.80. The minimum absolute atomic E-state index is 0.00842. The second-order valence-electron chi connectivity index (χ2n) is 7.46. The molecule has 0 bridgehead atoms. The van der Waals surface area contributed by atoms with Crippen molar-refractivity contribution in [3.63, 3.8) is 0 Å². The number of hydrogen-bond donors (Lipinski definition) is 2. The molecule has 3 rings (SSSR count). The Hall–Kier alpha value is -2.44. The second-order valence-corrected chi connectivity index (χ2v) is 9.93. The molecule has 0 aliphatic carbocycles. The van der Waals surface area contributed by atoms with Crippen LogP contribution in [0.1, 0.15) is 29.1 Å². The highest BCUT2D eigenvalue weighted by Crippen LogP contribution is 2.39. The molecule has 0 saturated carbocycles. The molecule has 0 unspecified atom stereocenters. The molecule has 0 spiro atoms. The monoisotopic (exact) mass is 533 g/mol. The van der Waals surface area contributed by atoms with Gasteiger partial charge in [0.05, 0.1) is 26.5 Å². The Bertz CT molecular complexity index is 1050. The zero-order valence-corrected chi connectivity index (χ0v) is 19.4. The lowest BCUT2D eigenvalue weighted by Gasteiger charge is -2.30. The topological polar surface area (TPSA) is 87.7 Å². The van der Waals surface area contributed by atoms with Crippen LogP contribution in [0.15, 0.2) is 34.1 Å². The van der Waals surface area contributed by atoms with Crippen LogP contribution in [-0.4, -0.2) is 43.0 Å². The highest BCUT2D eigenvalue weighted by atomic mass is 79.9. The summed E-state index contributed by atoms with van der Waals surface area (Å²) in [6.45, 7) is 2.69. The Kier molecular flexibility index (Phi) is 6.96. The number of nitrogens with one attached hydrogen (secondary N) is 2. The van der Waals surface area contributed by atoms with Crippen LogP contribution in [0.25, 0.3) is 0 Å². The maximum atomic E-state index is 13.7. The predicted octanol–water partition coefficient (Wildman–Crippen LogP) is 4.04. The van der Waals surface area contributed by atoms with E-state index in [1.54, 1.807) is 12.1 Å². The Morgan fingerprint density at radius 2 is 1.91 bits per heavy atom. The summed E-state index contributed by atoms with van der Waals surface area (Å²) < 4.78 is 46.8. The van der Waals surface area contributed by atoms with E-state index in [1.165, 1.54) is 31.3 Å². The van der Waals surface area contributed by atoms with Crippen LogP contribution >= 0.6 is 27.3 Å². The minimum atomic E-state index is -4.76. The zero-order valence-electron chi connectivity index (χ0n) is 17.0. The fraction of sp³-hybridized carbons (Fsp3) is 0.350. The van der Waals surface area contributed by atoms with Gasteiger partial charge >= 0.3 is 6.18 Å². The number of alkyl halides is 3. The van der Waals surface area contributed by atoms with Crippen molar-refractivity contribution < 1.29 is 32.3 Å². The summed E-state index contributed by atoms with van der Waals surface area (Å²) >= 11 is 4.43. The van der Waals surface area contributed by atoms with Crippen LogP contribution in [-0.2, 0) is 20.5 Å². The second kappa shape index (κ2) is 9.20. The summed E-state index contributed by atoms with van der Waals surface area (Å²) in [5.74, 6) is -1.77. The first-order chi connectivity index (χ1) is 14.9. The van der Waals surface area contributed by atoms with E-state index >= 15 is 0 Å². The van der Waals surface area contributed by atoms with E-state index in [-0.39, 0.29) is 31.1 Å².